The average molecular weight is 353 g/mol. The molecule has 134 valence electrons. The van der Waals surface area contributed by atoms with E-state index in [-0.39, 0.29) is 5.91 Å². The number of piperidine rings is 1. The van der Waals surface area contributed by atoms with E-state index in [1.807, 2.05) is 12.1 Å². The maximum Gasteiger partial charge on any atom is 0.244 e. The van der Waals surface area contributed by atoms with Gasteiger partial charge in [-0.2, -0.15) is 0 Å². The lowest BCUT2D eigenvalue weighted by atomic mass is 9.95. The largest absolute Gasteiger partial charge is 0.340 e. The van der Waals surface area contributed by atoms with Crippen LogP contribution < -0.4 is 5.32 Å². The first-order chi connectivity index (χ1) is 11.2. The summed E-state index contributed by atoms with van der Waals surface area (Å²) in [5.74, 6) is 0.168. The number of hydrogen-bond acceptors (Lipinski definition) is 4. The fourth-order valence-corrected chi connectivity index (χ4v) is 4.69. The number of hydrogen-bond donors (Lipinski definition) is 1. The average Bonchev–Trinajstić information content (AvgIpc) is 2.54. The molecule has 0 aromatic heterocycles. The molecule has 1 aliphatic rings. The second kappa shape index (κ2) is 7.23. The van der Waals surface area contributed by atoms with Crippen molar-refractivity contribution in [3.63, 3.8) is 0 Å². The van der Waals surface area contributed by atoms with Gasteiger partial charge >= 0.3 is 0 Å². The number of amides is 1. The molecule has 1 aromatic carbocycles. The van der Waals surface area contributed by atoms with E-state index in [1.54, 1.807) is 11.9 Å². The fraction of sp³-hybridized carbons (Fsp3) is 0.611. The molecule has 0 aliphatic carbocycles. The molecule has 0 bridgehead atoms. The Kier molecular flexibility index (Phi) is 5.71. The number of benzene rings is 1. The molecule has 5 nitrogen and oxygen atoms in total. The summed E-state index contributed by atoms with van der Waals surface area (Å²) in [5.41, 5.74) is 2.26. The summed E-state index contributed by atoms with van der Waals surface area (Å²) in [6, 6.07) is 8.15. The highest BCUT2D eigenvalue weighted by molar-refractivity contribution is 7.92. The van der Waals surface area contributed by atoms with Gasteiger partial charge in [0.05, 0.1) is 0 Å². The van der Waals surface area contributed by atoms with E-state index >= 15 is 0 Å². The van der Waals surface area contributed by atoms with E-state index in [2.05, 4.69) is 31.3 Å². The number of nitrogens with zero attached hydrogens (tertiary/aromatic N) is 1. The number of sulfone groups is 1. The lowest BCUT2D eigenvalue weighted by molar-refractivity contribution is -0.134. The van der Waals surface area contributed by atoms with Crippen LogP contribution in [0.25, 0.3) is 0 Å². The maximum atomic E-state index is 13.0. The van der Waals surface area contributed by atoms with Gasteiger partial charge in [0.25, 0.3) is 0 Å². The first-order valence-corrected chi connectivity index (χ1v) is 10.3. The SMILES string of the molecule is CC(C)c1ccc(CN(C)C(=O)C2(S(C)(=O)=O)CCNCC2)cc1. The Morgan fingerprint density at radius 3 is 2.21 bits per heavy atom. The third kappa shape index (κ3) is 3.81. The van der Waals surface area contributed by atoms with Crippen LogP contribution in [0.15, 0.2) is 24.3 Å². The molecule has 1 aliphatic heterocycles. The summed E-state index contributed by atoms with van der Waals surface area (Å²) in [6.45, 7) is 5.79. The Labute approximate surface area is 145 Å². The molecule has 0 saturated carbocycles. The maximum absolute atomic E-state index is 13.0. The Hall–Kier alpha value is -1.40. The van der Waals surface area contributed by atoms with E-state index < -0.39 is 14.6 Å². The van der Waals surface area contributed by atoms with Crippen molar-refractivity contribution in [1.29, 1.82) is 0 Å². The van der Waals surface area contributed by atoms with Crippen molar-refractivity contribution in [3.8, 4) is 0 Å². The molecule has 1 N–H and O–H groups in total. The third-order valence-electron chi connectivity index (χ3n) is 4.92. The third-order valence-corrected chi connectivity index (χ3v) is 6.93. The van der Waals surface area contributed by atoms with Gasteiger partial charge in [-0.05, 0) is 43.0 Å². The van der Waals surface area contributed by atoms with Crippen LogP contribution in [0.3, 0.4) is 0 Å². The van der Waals surface area contributed by atoms with Crippen LogP contribution in [-0.4, -0.2) is 50.4 Å². The second-order valence-electron chi connectivity index (χ2n) is 7.07. The van der Waals surface area contributed by atoms with Crippen molar-refractivity contribution in [2.45, 2.75) is 43.9 Å². The molecule has 24 heavy (non-hydrogen) atoms. The molecule has 1 aromatic rings. The summed E-state index contributed by atoms with van der Waals surface area (Å²) in [4.78, 5) is 14.5. The van der Waals surface area contributed by atoms with Gasteiger partial charge in [-0.15, -0.1) is 0 Å². The zero-order valence-electron chi connectivity index (χ0n) is 15.0. The van der Waals surface area contributed by atoms with E-state index in [9.17, 15) is 13.2 Å². The zero-order chi connectivity index (χ0) is 18.0. The quantitative estimate of drug-likeness (QED) is 0.879. The standard InChI is InChI=1S/C18H28N2O3S/c1-14(2)16-7-5-15(6-8-16)13-20(3)17(21)18(24(4,22)23)9-11-19-12-10-18/h5-8,14,19H,9-13H2,1-4H3. The van der Waals surface area contributed by atoms with Gasteiger partial charge in [-0.1, -0.05) is 38.1 Å². The van der Waals surface area contributed by atoms with Gasteiger partial charge in [0, 0.05) is 19.8 Å². The van der Waals surface area contributed by atoms with Crippen molar-refractivity contribution in [2.75, 3.05) is 26.4 Å². The Morgan fingerprint density at radius 2 is 1.75 bits per heavy atom. The highest BCUT2D eigenvalue weighted by atomic mass is 32.2. The van der Waals surface area contributed by atoms with Crippen molar-refractivity contribution in [1.82, 2.24) is 10.2 Å². The second-order valence-corrected chi connectivity index (χ2v) is 9.40. The molecule has 1 amide bonds. The van der Waals surface area contributed by atoms with E-state index in [0.29, 0.717) is 38.4 Å². The van der Waals surface area contributed by atoms with Gasteiger partial charge < -0.3 is 10.2 Å². The van der Waals surface area contributed by atoms with Gasteiger partial charge in [0.2, 0.25) is 5.91 Å². The smallest absolute Gasteiger partial charge is 0.244 e. The van der Waals surface area contributed by atoms with Crippen molar-refractivity contribution in [2.24, 2.45) is 0 Å². The molecule has 1 heterocycles. The first-order valence-electron chi connectivity index (χ1n) is 8.42. The minimum absolute atomic E-state index is 0.292. The first kappa shape index (κ1) is 18.9. The minimum atomic E-state index is -3.47. The van der Waals surface area contributed by atoms with Gasteiger partial charge in [0.15, 0.2) is 14.6 Å². The Balaban J connectivity index is 2.18. The molecule has 2 rings (SSSR count). The predicted octanol–water partition coefficient (Wildman–Crippen LogP) is 1.94. The van der Waals surface area contributed by atoms with Gasteiger partial charge in [0.1, 0.15) is 0 Å². The summed E-state index contributed by atoms with van der Waals surface area (Å²) >= 11 is 0. The summed E-state index contributed by atoms with van der Waals surface area (Å²) in [7, 11) is -1.79. The van der Waals surface area contributed by atoms with Crippen LogP contribution in [-0.2, 0) is 21.2 Å². The predicted molar refractivity (Wildman–Crippen MR) is 96.7 cm³/mol. The Bertz CT molecular complexity index is 675. The van der Waals surface area contributed by atoms with Crippen LogP contribution in [0, 0.1) is 0 Å². The molecule has 1 saturated heterocycles. The van der Waals surface area contributed by atoms with Crippen LogP contribution in [0.2, 0.25) is 0 Å². The van der Waals surface area contributed by atoms with Crippen molar-refractivity contribution in [3.05, 3.63) is 35.4 Å². The van der Waals surface area contributed by atoms with Gasteiger partial charge in [-0.25, -0.2) is 8.42 Å². The topological polar surface area (TPSA) is 66.5 Å². The van der Waals surface area contributed by atoms with E-state index in [4.69, 9.17) is 0 Å². The molecule has 0 unspecified atom stereocenters. The minimum Gasteiger partial charge on any atom is -0.340 e. The lowest BCUT2D eigenvalue weighted by Gasteiger charge is -2.37. The number of carbonyl (C=O) groups is 1. The van der Waals surface area contributed by atoms with Crippen LogP contribution >= 0.6 is 0 Å². The number of rotatable bonds is 5. The molecule has 0 atom stereocenters. The fourth-order valence-electron chi connectivity index (χ4n) is 3.28. The Morgan fingerprint density at radius 1 is 1.21 bits per heavy atom. The van der Waals surface area contributed by atoms with Gasteiger partial charge in [-0.3, -0.25) is 4.79 Å². The number of nitrogens with one attached hydrogen (secondary N) is 1. The highest BCUT2D eigenvalue weighted by Crippen LogP contribution is 2.30. The van der Waals surface area contributed by atoms with Crippen LogP contribution in [0.5, 0.6) is 0 Å². The highest BCUT2D eigenvalue weighted by Gasteiger charge is 2.49. The molecular formula is C18H28N2O3S. The van der Waals surface area contributed by atoms with Crippen molar-refractivity contribution >= 4 is 15.7 Å². The number of carbonyl (C=O) groups excluding carboxylic acids is 1. The summed E-state index contributed by atoms with van der Waals surface area (Å²) in [6.07, 6.45) is 1.85. The zero-order valence-corrected chi connectivity index (χ0v) is 15.8. The van der Waals surface area contributed by atoms with Crippen LogP contribution in [0.1, 0.15) is 43.7 Å². The molecule has 1 fully saturated rings. The van der Waals surface area contributed by atoms with Crippen LogP contribution in [0.4, 0.5) is 0 Å². The van der Waals surface area contributed by atoms with Crippen molar-refractivity contribution < 1.29 is 13.2 Å². The van der Waals surface area contributed by atoms with E-state index in [1.165, 1.54) is 11.8 Å². The normalized spacial score (nSPS) is 17.7. The molecule has 0 radical (unpaired) electrons. The summed E-state index contributed by atoms with van der Waals surface area (Å²) in [5, 5.41) is 3.14. The lowest BCUT2D eigenvalue weighted by Crippen LogP contribution is -2.57. The summed E-state index contributed by atoms with van der Waals surface area (Å²) < 4.78 is 23.4. The molecule has 6 heteroatoms. The monoisotopic (exact) mass is 352 g/mol. The van der Waals surface area contributed by atoms with E-state index in [0.717, 1.165) is 5.56 Å². The molecule has 0 spiro atoms. The molecular weight excluding hydrogens is 324 g/mol.